The predicted octanol–water partition coefficient (Wildman–Crippen LogP) is 2.55. The zero-order valence-corrected chi connectivity index (χ0v) is 9.62. The van der Waals surface area contributed by atoms with Gasteiger partial charge in [-0.3, -0.25) is 0 Å². The lowest BCUT2D eigenvalue weighted by atomic mass is 10.1. The van der Waals surface area contributed by atoms with Crippen molar-refractivity contribution < 1.29 is 14.6 Å². The van der Waals surface area contributed by atoms with Crippen molar-refractivity contribution in [3.63, 3.8) is 0 Å². The van der Waals surface area contributed by atoms with Gasteiger partial charge in [0, 0.05) is 0 Å². The fourth-order valence-electron chi connectivity index (χ4n) is 1.39. The minimum Gasteiger partial charge on any atom is -0.479 e. The number of rotatable bonds is 7. The molecule has 2 atom stereocenters. The Morgan fingerprint density at radius 1 is 1.36 bits per heavy atom. The van der Waals surface area contributed by atoms with Crippen LogP contribution in [0.4, 0.5) is 0 Å². The predicted molar refractivity (Wildman–Crippen MR) is 56.3 cm³/mol. The summed E-state index contributed by atoms with van der Waals surface area (Å²) in [4.78, 5) is 10.8. The van der Waals surface area contributed by atoms with Crippen LogP contribution in [0.5, 0.6) is 0 Å². The molecule has 2 unspecified atom stereocenters. The van der Waals surface area contributed by atoms with E-state index in [1.54, 1.807) is 0 Å². The third kappa shape index (κ3) is 5.22. The van der Waals surface area contributed by atoms with E-state index in [4.69, 9.17) is 9.84 Å². The lowest BCUT2D eigenvalue weighted by Gasteiger charge is -2.19. The minimum atomic E-state index is -0.858. The molecule has 3 nitrogen and oxygen atoms in total. The van der Waals surface area contributed by atoms with Crippen molar-refractivity contribution in [3.05, 3.63) is 0 Å². The van der Waals surface area contributed by atoms with Gasteiger partial charge < -0.3 is 9.84 Å². The summed E-state index contributed by atoms with van der Waals surface area (Å²) in [5.41, 5.74) is 0. The minimum absolute atomic E-state index is 0.0290. The number of hydrogen-bond acceptors (Lipinski definition) is 2. The van der Waals surface area contributed by atoms with Gasteiger partial charge >= 0.3 is 5.97 Å². The fraction of sp³-hybridized carbons (Fsp3) is 0.909. The molecule has 0 aromatic rings. The van der Waals surface area contributed by atoms with Gasteiger partial charge in [-0.15, -0.1) is 0 Å². The first kappa shape index (κ1) is 13.4. The van der Waals surface area contributed by atoms with Gasteiger partial charge in [-0.05, 0) is 18.3 Å². The summed E-state index contributed by atoms with van der Waals surface area (Å²) in [6, 6.07) is 0. The Morgan fingerprint density at radius 2 is 1.93 bits per heavy atom. The summed E-state index contributed by atoms with van der Waals surface area (Å²) in [5.74, 6) is -0.384. The van der Waals surface area contributed by atoms with Crippen molar-refractivity contribution >= 4 is 5.97 Å². The summed E-state index contributed by atoms with van der Waals surface area (Å²) in [5, 5.41) is 8.86. The van der Waals surface area contributed by atoms with Crippen LogP contribution in [0, 0.1) is 11.8 Å². The van der Waals surface area contributed by atoms with Gasteiger partial charge in [0.25, 0.3) is 0 Å². The zero-order chi connectivity index (χ0) is 11.1. The molecule has 0 aliphatic rings. The second-order valence-corrected chi connectivity index (χ2v) is 4.23. The smallest absolute Gasteiger partial charge is 0.333 e. The molecule has 14 heavy (non-hydrogen) atoms. The van der Waals surface area contributed by atoms with E-state index in [1.165, 1.54) is 0 Å². The van der Waals surface area contributed by atoms with Gasteiger partial charge in [0.2, 0.25) is 0 Å². The largest absolute Gasteiger partial charge is 0.479 e. The van der Waals surface area contributed by atoms with E-state index in [2.05, 4.69) is 13.8 Å². The molecule has 0 rings (SSSR count). The van der Waals surface area contributed by atoms with E-state index in [-0.39, 0.29) is 5.92 Å². The molecule has 0 spiro atoms. The third-order valence-corrected chi connectivity index (χ3v) is 2.19. The quantitative estimate of drug-likeness (QED) is 0.690. The first-order chi connectivity index (χ1) is 6.49. The van der Waals surface area contributed by atoms with Crippen LogP contribution in [0.3, 0.4) is 0 Å². The molecule has 3 heteroatoms. The van der Waals surface area contributed by atoms with E-state index in [0.717, 1.165) is 12.8 Å². The van der Waals surface area contributed by atoms with Crippen molar-refractivity contribution in [2.24, 2.45) is 11.8 Å². The molecule has 1 N–H and O–H groups in total. The third-order valence-electron chi connectivity index (χ3n) is 2.19. The van der Waals surface area contributed by atoms with Crippen LogP contribution in [0.1, 0.15) is 40.5 Å². The molecule has 84 valence electrons. The maximum absolute atomic E-state index is 10.8. The highest BCUT2D eigenvalue weighted by Crippen LogP contribution is 2.11. The van der Waals surface area contributed by atoms with Crippen LogP contribution in [0.15, 0.2) is 0 Å². The summed E-state index contributed by atoms with van der Waals surface area (Å²) < 4.78 is 5.38. The molecule has 0 saturated carbocycles. The molecule has 0 radical (unpaired) electrons. The average Bonchev–Trinajstić information content (AvgIpc) is 2.03. The zero-order valence-electron chi connectivity index (χ0n) is 9.62. The van der Waals surface area contributed by atoms with Crippen LogP contribution in [-0.2, 0) is 9.53 Å². The lowest BCUT2D eigenvalue weighted by Crippen LogP contribution is -2.30. The number of ether oxygens (including phenoxy) is 1. The van der Waals surface area contributed by atoms with Gasteiger partial charge in [0.1, 0.15) is 0 Å². The second-order valence-electron chi connectivity index (χ2n) is 4.23. The second kappa shape index (κ2) is 6.82. The highest BCUT2D eigenvalue weighted by atomic mass is 16.5. The highest BCUT2D eigenvalue weighted by Gasteiger charge is 2.22. The Bertz CT molecular complexity index is 166. The summed E-state index contributed by atoms with van der Waals surface area (Å²) in [6.07, 6.45) is 1.54. The van der Waals surface area contributed by atoms with Gasteiger partial charge in [-0.25, -0.2) is 4.79 Å². The van der Waals surface area contributed by atoms with Crippen LogP contribution >= 0.6 is 0 Å². The van der Waals surface area contributed by atoms with Crippen LogP contribution in [-0.4, -0.2) is 23.8 Å². The number of carboxylic acids is 1. The molecular weight excluding hydrogens is 180 g/mol. The molecule has 0 aliphatic carbocycles. The van der Waals surface area contributed by atoms with E-state index in [1.807, 2.05) is 13.8 Å². The Hall–Kier alpha value is -0.570. The fourth-order valence-corrected chi connectivity index (χ4v) is 1.39. The molecule has 0 fully saturated rings. The van der Waals surface area contributed by atoms with E-state index < -0.39 is 12.1 Å². The molecular formula is C11H22O3. The van der Waals surface area contributed by atoms with E-state index >= 15 is 0 Å². The van der Waals surface area contributed by atoms with Gasteiger partial charge in [0.05, 0.1) is 6.61 Å². The van der Waals surface area contributed by atoms with Crippen LogP contribution in [0.25, 0.3) is 0 Å². The Labute approximate surface area is 86.5 Å². The van der Waals surface area contributed by atoms with Crippen LogP contribution in [0.2, 0.25) is 0 Å². The molecule has 0 saturated heterocycles. The maximum Gasteiger partial charge on any atom is 0.333 e. The number of carbonyl (C=O) groups is 1. The SMILES string of the molecule is CCCC(C)COC(C(=O)O)C(C)C. The molecule has 0 bridgehead atoms. The first-order valence-corrected chi connectivity index (χ1v) is 5.33. The summed E-state index contributed by atoms with van der Waals surface area (Å²) >= 11 is 0. The standard InChI is InChI=1S/C11H22O3/c1-5-6-9(4)7-14-10(8(2)3)11(12)13/h8-10H,5-7H2,1-4H3,(H,12,13). The molecule has 0 amide bonds. The Kier molecular flexibility index (Phi) is 6.54. The summed E-state index contributed by atoms with van der Waals surface area (Å²) in [6.45, 7) is 8.48. The maximum atomic E-state index is 10.8. The van der Waals surface area contributed by atoms with Gasteiger partial charge in [-0.2, -0.15) is 0 Å². The molecule has 0 aliphatic heterocycles. The van der Waals surface area contributed by atoms with Crippen molar-refractivity contribution in [2.45, 2.75) is 46.6 Å². The molecule has 0 aromatic heterocycles. The van der Waals surface area contributed by atoms with Crippen molar-refractivity contribution in [1.29, 1.82) is 0 Å². The topological polar surface area (TPSA) is 46.5 Å². The Balaban J connectivity index is 3.88. The van der Waals surface area contributed by atoms with Crippen molar-refractivity contribution in [2.75, 3.05) is 6.61 Å². The highest BCUT2D eigenvalue weighted by molar-refractivity contribution is 5.72. The number of hydrogen-bond donors (Lipinski definition) is 1. The first-order valence-electron chi connectivity index (χ1n) is 5.33. The van der Waals surface area contributed by atoms with Gasteiger partial charge in [0.15, 0.2) is 6.10 Å². The summed E-state index contributed by atoms with van der Waals surface area (Å²) in [7, 11) is 0. The normalized spacial score (nSPS) is 15.5. The Morgan fingerprint density at radius 3 is 2.29 bits per heavy atom. The monoisotopic (exact) mass is 202 g/mol. The number of carboxylic acid groups (broad SMARTS) is 1. The molecule has 0 aromatic carbocycles. The average molecular weight is 202 g/mol. The number of aliphatic carboxylic acids is 1. The lowest BCUT2D eigenvalue weighted by molar-refractivity contribution is -0.154. The van der Waals surface area contributed by atoms with Crippen molar-refractivity contribution in [1.82, 2.24) is 0 Å². The molecule has 0 heterocycles. The van der Waals surface area contributed by atoms with Gasteiger partial charge in [-0.1, -0.05) is 34.1 Å². The van der Waals surface area contributed by atoms with Crippen molar-refractivity contribution in [3.8, 4) is 0 Å². The van der Waals surface area contributed by atoms with E-state index in [9.17, 15) is 4.79 Å². The van der Waals surface area contributed by atoms with E-state index in [0.29, 0.717) is 12.5 Å². The van der Waals surface area contributed by atoms with Crippen LogP contribution < -0.4 is 0 Å².